The van der Waals surface area contributed by atoms with Gasteiger partial charge in [0.05, 0.1) is 0 Å². The van der Waals surface area contributed by atoms with Gasteiger partial charge >= 0.3 is 5.97 Å². The van der Waals surface area contributed by atoms with Crippen molar-refractivity contribution in [1.82, 2.24) is 4.90 Å². The second-order valence-electron chi connectivity index (χ2n) is 8.20. The van der Waals surface area contributed by atoms with E-state index in [0.717, 1.165) is 38.5 Å². The lowest BCUT2D eigenvalue weighted by Gasteiger charge is -2.25. The first-order valence-electron chi connectivity index (χ1n) is 9.23. The third-order valence-corrected chi connectivity index (χ3v) is 7.19. The van der Waals surface area contributed by atoms with Crippen LogP contribution < -0.4 is 0 Å². The van der Waals surface area contributed by atoms with Gasteiger partial charge in [-0.05, 0) is 55.1 Å². The summed E-state index contributed by atoms with van der Waals surface area (Å²) < 4.78 is 0. The molecule has 0 radical (unpaired) electrons. The SMILES string of the molecule is O=C(O)C1C2CCCC2CN1C(=O)C1CC12CCc1ccccc12. The van der Waals surface area contributed by atoms with Crippen LogP contribution in [0.1, 0.15) is 43.2 Å². The van der Waals surface area contributed by atoms with Crippen molar-refractivity contribution in [3.63, 3.8) is 0 Å². The summed E-state index contributed by atoms with van der Waals surface area (Å²) in [5, 5.41) is 9.70. The second-order valence-corrected chi connectivity index (χ2v) is 8.20. The van der Waals surface area contributed by atoms with Gasteiger partial charge in [-0.2, -0.15) is 0 Å². The Hall–Kier alpha value is -1.84. The predicted octanol–water partition coefficient (Wildman–Crippen LogP) is 2.60. The minimum Gasteiger partial charge on any atom is -0.480 e. The molecule has 1 amide bonds. The standard InChI is InChI=1S/C20H23NO3/c22-18(21-11-13-5-3-6-14(13)17(21)19(23)24)16-10-20(16)9-8-12-4-1-2-7-15(12)20/h1-2,4,7,13-14,16-17H,3,5-6,8-11H2,(H,23,24). The van der Waals surface area contributed by atoms with Crippen molar-refractivity contribution in [3.8, 4) is 0 Å². The first-order chi connectivity index (χ1) is 11.6. The summed E-state index contributed by atoms with van der Waals surface area (Å²) in [5.41, 5.74) is 2.73. The summed E-state index contributed by atoms with van der Waals surface area (Å²) in [7, 11) is 0. The van der Waals surface area contributed by atoms with Crippen LogP contribution in [0.5, 0.6) is 0 Å². The molecule has 1 aliphatic heterocycles. The molecule has 5 atom stereocenters. The molecule has 24 heavy (non-hydrogen) atoms. The minimum atomic E-state index is -0.806. The lowest BCUT2D eigenvalue weighted by atomic mass is 9.93. The Bertz CT molecular complexity index is 729. The molecule has 1 spiro atoms. The van der Waals surface area contributed by atoms with Crippen LogP contribution in [0.15, 0.2) is 24.3 Å². The van der Waals surface area contributed by atoms with Crippen LogP contribution in [0.4, 0.5) is 0 Å². The third kappa shape index (κ3) is 1.80. The van der Waals surface area contributed by atoms with E-state index in [1.54, 1.807) is 4.90 Å². The van der Waals surface area contributed by atoms with Crippen LogP contribution in [-0.2, 0) is 21.4 Å². The molecule has 1 saturated heterocycles. The molecule has 5 unspecified atom stereocenters. The van der Waals surface area contributed by atoms with E-state index in [9.17, 15) is 14.7 Å². The zero-order valence-corrected chi connectivity index (χ0v) is 13.8. The highest BCUT2D eigenvalue weighted by molar-refractivity contribution is 5.90. The maximum atomic E-state index is 13.2. The Morgan fingerprint density at radius 3 is 2.88 bits per heavy atom. The molecule has 0 aromatic heterocycles. The summed E-state index contributed by atoms with van der Waals surface area (Å²) in [6.45, 7) is 0.661. The molecule has 4 heteroatoms. The Morgan fingerprint density at radius 1 is 1.21 bits per heavy atom. The summed E-state index contributed by atoms with van der Waals surface area (Å²) in [6.07, 6.45) is 6.15. The molecule has 1 aromatic rings. The van der Waals surface area contributed by atoms with Gasteiger partial charge in [-0.15, -0.1) is 0 Å². The van der Waals surface area contributed by atoms with E-state index in [4.69, 9.17) is 0 Å². The van der Waals surface area contributed by atoms with E-state index in [2.05, 4.69) is 24.3 Å². The molecule has 1 aromatic carbocycles. The average molecular weight is 325 g/mol. The minimum absolute atomic E-state index is 0.00169. The molecule has 1 N–H and O–H groups in total. The van der Waals surface area contributed by atoms with Crippen molar-refractivity contribution in [2.45, 2.75) is 50.0 Å². The number of benzene rings is 1. The predicted molar refractivity (Wildman–Crippen MR) is 88.5 cm³/mol. The van der Waals surface area contributed by atoms with Crippen molar-refractivity contribution < 1.29 is 14.7 Å². The van der Waals surface area contributed by atoms with Crippen molar-refractivity contribution in [3.05, 3.63) is 35.4 Å². The quantitative estimate of drug-likeness (QED) is 0.909. The van der Waals surface area contributed by atoms with Gasteiger partial charge < -0.3 is 10.0 Å². The molecule has 1 heterocycles. The Morgan fingerprint density at radius 2 is 2.04 bits per heavy atom. The summed E-state index contributed by atoms with van der Waals surface area (Å²) in [5.74, 6) is -0.118. The van der Waals surface area contributed by atoms with Gasteiger partial charge in [0, 0.05) is 17.9 Å². The fourth-order valence-electron chi connectivity index (χ4n) is 5.97. The van der Waals surface area contributed by atoms with Gasteiger partial charge in [0.2, 0.25) is 5.91 Å². The zero-order chi connectivity index (χ0) is 16.5. The summed E-state index contributed by atoms with van der Waals surface area (Å²) >= 11 is 0. The first-order valence-corrected chi connectivity index (χ1v) is 9.23. The van der Waals surface area contributed by atoms with Gasteiger partial charge in [-0.1, -0.05) is 30.7 Å². The van der Waals surface area contributed by atoms with Crippen LogP contribution in [0.3, 0.4) is 0 Å². The second kappa shape index (κ2) is 4.84. The molecule has 0 bridgehead atoms. The maximum Gasteiger partial charge on any atom is 0.326 e. The lowest BCUT2D eigenvalue weighted by Crippen LogP contribution is -2.44. The molecule has 3 fully saturated rings. The number of aliphatic carboxylic acids is 1. The Balaban J connectivity index is 1.41. The van der Waals surface area contributed by atoms with E-state index in [0.29, 0.717) is 12.5 Å². The monoisotopic (exact) mass is 325 g/mol. The average Bonchev–Trinajstić information content (AvgIpc) is 2.87. The van der Waals surface area contributed by atoms with Crippen molar-refractivity contribution in [1.29, 1.82) is 0 Å². The number of hydrogen-bond donors (Lipinski definition) is 1. The van der Waals surface area contributed by atoms with Gasteiger partial charge in [0.15, 0.2) is 0 Å². The molecule has 2 saturated carbocycles. The number of hydrogen-bond acceptors (Lipinski definition) is 2. The molecule has 126 valence electrons. The van der Waals surface area contributed by atoms with E-state index >= 15 is 0 Å². The topological polar surface area (TPSA) is 57.6 Å². The Kier molecular flexibility index (Phi) is 2.92. The van der Waals surface area contributed by atoms with Crippen molar-refractivity contribution >= 4 is 11.9 Å². The normalized spacial score (nSPS) is 39.1. The summed E-state index contributed by atoms with van der Waals surface area (Å²) in [4.78, 5) is 26.7. The summed E-state index contributed by atoms with van der Waals surface area (Å²) in [6, 6.07) is 7.89. The molecule has 4 aliphatic rings. The number of fused-ring (bicyclic) bond motifs is 3. The van der Waals surface area contributed by atoms with Crippen LogP contribution in [0, 0.1) is 17.8 Å². The van der Waals surface area contributed by atoms with Crippen LogP contribution in [0.2, 0.25) is 0 Å². The number of carbonyl (C=O) groups excluding carboxylic acids is 1. The van der Waals surface area contributed by atoms with E-state index in [1.165, 1.54) is 11.1 Å². The number of carboxylic acid groups (broad SMARTS) is 1. The first kappa shape index (κ1) is 14.5. The molecular formula is C20H23NO3. The van der Waals surface area contributed by atoms with Crippen LogP contribution in [-0.4, -0.2) is 34.5 Å². The highest BCUT2D eigenvalue weighted by atomic mass is 16.4. The fourth-order valence-corrected chi connectivity index (χ4v) is 5.97. The smallest absolute Gasteiger partial charge is 0.326 e. The number of aryl methyl sites for hydroxylation is 1. The molecule has 5 rings (SSSR count). The largest absolute Gasteiger partial charge is 0.480 e. The third-order valence-electron chi connectivity index (χ3n) is 7.19. The van der Waals surface area contributed by atoms with Gasteiger partial charge in [0.1, 0.15) is 6.04 Å². The van der Waals surface area contributed by atoms with Gasteiger partial charge in [-0.25, -0.2) is 4.79 Å². The zero-order valence-electron chi connectivity index (χ0n) is 13.8. The maximum absolute atomic E-state index is 13.2. The number of nitrogens with zero attached hydrogens (tertiary/aromatic N) is 1. The van der Waals surface area contributed by atoms with Crippen molar-refractivity contribution in [2.24, 2.45) is 17.8 Å². The van der Waals surface area contributed by atoms with Gasteiger partial charge in [-0.3, -0.25) is 4.79 Å². The van der Waals surface area contributed by atoms with Crippen LogP contribution >= 0.6 is 0 Å². The highest BCUT2D eigenvalue weighted by Gasteiger charge is 2.64. The van der Waals surface area contributed by atoms with E-state index in [-0.39, 0.29) is 23.2 Å². The number of carboxylic acids is 1. The molecule has 4 nitrogen and oxygen atoms in total. The number of amides is 1. The van der Waals surface area contributed by atoms with E-state index in [1.807, 2.05) is 0 Å². The van der Waals surface area contributed by atoms with Gasteiger partial charge in [0.25, 0.3) is 0 Å². The van der Waals surface area contributed by atoms with E-state index < -0.39 is 12.0 Å². The molecule has 3 aliphatic carbocycles. The van der Waals surface area contributed by atoms with Crippen LogP contribution in [0.25, 0.3) is 0 Å². The molecular weight excluding hydrogens is 302 g/mol. The lowest BCUT2D eigenvalue weighted by molar-refractivity contribution is -0.150. The fraction of sp³-hybridized carbons (Fsp3) is 0.600. The Labute approximate surface area is 141 Å². The number of carbonyl (C=O) groups is 2. The highest BCUT2D eigenvalue weighted by Crippen LogP contribution is 2.62. The van der Waals surface area contributed by atoms with Crippen molar-refractivity contribution in [2.75, 3.05) is 6.54 Å². The number of likely N-dealkylation sites (tertiary alicyclic amines) is 1. The number of rotatable bonds is 2.